The van der Waals surface area contributed by atoms with Crippen molar-refractivity contribution in [2.75, 3.05) is 7.11 Å². The van der Waals surface area contributed by atoms with Gasteiger partial charge in [0, 0.05) is 12.3 Å². The summed E-state index contributed by atoms with van der Waals surface area (Å²) < 4.78 is 34.3. The van der Waals surface area contributed by atoms with E-state index >= 15 is 0 Å². The minimum atomic E-state index is -4.13. The van der Waals surface area contributed by atoms with Crippen LogP contribution in [0.4, 0.5) is 0 Å². The van der Waals surface area contributed by atoms with Crippen LogP contribution < -0.4 is 8.92 Å². The predicted octanol–water partition coefficient (Wildman–Crippen LogP) is 3.16. The van der Waals surface area contributed by atoms with Gasteiger partial charge in [-0.25, -0.2) is 4.98 Å². The summed E-state index contributed by atoms with van der Waals surface area (Å²) in [4.78, 5) is 3.56. The van der Waals surface area contributed by atoms with Gasteiger partial charge in [-0.3, -0.25) is 0 Å². The number of hydrogen-bond acceptors (Lipinski definition) is 5. The maximum Gasteiger partial charge on any atom is 0.344 e. The lowest BCUT2D eigenvalue weighted by molar-refractivity contribution is 0.398. The molecular weight excluding hydrogens is 325 g/mol. The first-order chi connectivity index (χ1) is 9.45. The van der Waals surface area contributed by atoms with Crippen molar-refractivity contribution in [1.82, 2.24) is 4.98 Å². The fourth-order valence-corrected chi connectivity index (χ4v) is 2.96. The Bertz CT molecular complexity index is 720. The van der Waals surface area contributed by atoms with Crippen LogP contribution in [-0.2, 0) is 10.1 Å². The summed E-state index contributed by atoms with van der Waals surface area (Å²) in [5.74, 6) is -0.129. The molecule has 0 aliphatic heterocycles. The highest BCUT2D eigenvalue weighted by molar-refractivity contribution is 7.87. The van der Waals surface area contributed by atoms with Crippen molar-refractivity contribution < 1.29 is 17.3 Å². The minimum Gasteiger partial charge on any atom is -0.494 e. The average Bonchev–Trinajstić information content (AvgIpc) is 2.42. The van der Waals surface area contributed by atoms with Crippen molar-refractivity contribution in [2.45, 2.75) is 4.90 Å². The van der Waals surface area contributed by atoms with E-state index in [1.54, 1.807) is 12.1 Å². The SMILES string of the molecule is COc1c(S(=O)(=O)Oc2ccccn2)ccc(Cl)c1Cl. The number of rotatable bonds is 4. The zero-order chi connectivity index (χ0) is 14.8. The number of halogens is 2. The molecule has 0 atom stereocenters. The van der Waals surface area contributed by atoms with Crippen molar-refractivity contribution in [1.29, 1.82) is 0 Å². The number of aromatic nitrogens is 1. The fourth-order valence-electron chi connectivity index (χ4n) is 1.46. The quantitative estimate of drug-likeness (QED) is 0.804. The molecule has 0 N–H and O–H groups in total. The Morgan fingerprint density at radius 1 is 1.15 bits per heavy atom. The molecule has 106 valence electrons. The zero-order valence-corrected chi connectivity index (χ0v) is 12.5. The molecule has 1 aromatic heterocycles. The lowest BCUT2D eigenvalue weighted by Gasteiger charge is -2.11. The van der Waals surface area contributed by atoms with Crippen molar-refractivity contribution in [3.8, 4) is 11.6 Å². The van der Waals surface area contributed by atoms with Crippen LogP contribution >= 0.6 is 23.2 Å². The second-order valence-corrected chi connectivity index (χ2v) is 5.90. The molecular formula is C12H9Cl2NO4S. The maximum atomic E-state index is 12.2. The Kier molecular flexibility index (Phi) is 4.37. The largest absolute Gasteiger partial charge is 0.494 e. The molecule has 1 aromatic carbocycles. The van der Waals surface area contributed by atoms with Gasteiger partial charge in [0.2, 0.25) is 5.88 Å². The monoisotopic (exact) mass is 333 g/mol. The topological polar surface area (TPSA) is 65.5 Å². The van der Waals surface area contributed by atoms with E-state index < -0.39 is 10.1 Å². The molecule has 0 aliphatic carbocycles. The molecule has 5 nitrogen and oxygen atoms in total. The fraction of sp³-hybridized carbons (Fsp3) is 0.0833. The highest BCUT2D eigenvalue weighted by Crippen LogP contribution is 2.38. The van der Waals surface area contributed by atoms with E-state index in [-0.39, 0.29) is 26.6 Å². The van der Waals surface area contributed by atoms with Crippen LogP contribution in [0.2, 0.25) is 10.0 Å². The molecule has 0 fully saturated rings. The van der Waals surface area contributed by atoms with Gasteiger partial charge in [-0.15, -0.1) is 0 Å². The van der Waals surface area contributed by atoms with Gasteiger partial charge in [-0.05, 0) is 18.2 Å². The molecule has 0 amide bonds. The first-order valence-electron chi connectivity index (χ1n) is 5.33. The summed E-state index contributed by atoms with van der Waals surface area (Å²) in [6.45, 7) is 0. The third kappa shape index (κ3) is 2.98. The van der Waals surface area contributed by atoms with E-state index in [2.05, 4.69) is 4.98 Å². The Hall–Kier alpha value is -1.50. The first kappa shape index (κ1) is 14.9. The van der Waals surface area contributed by atoms with E-state index in [0.29, 0.717) is 0 Å². The van der Waals surface area contributed by atoms with E-state index in [1.807, 2.05) is 0 Å². The van der Waals surface area contributed by atoms with Crippen LogP contribution in [0.1, 0.15) is 0 Å². The molecule has 1 heterocycles. The Balaban J connectivity index is 2.47. The molecule has 0 bridgehead atoms. The lowest BCUT2D eigenvalue weighted by atomic mass is 10.3. The van der Waals surface area contributed by atoms with Gasteiger partial charge in [0.1, 0.15) is 9.92 Å². The first-order valence-corrected chi connectivity index (χ1v) is 7.49. The van der Waals surface area contributed by atoms with Crippen LogP contribution in [0.3, 0.4) is 0 Å². The molecule has 0 aliphatic rings. The predicted molar refractivity (Wildman–Crippen MR) is 75.1 cm³/mol. The molecule has 8 heteroatoms. The van der Waals surface area contributed by atoms with Crippen molar-refractivity contribution >= 4 is 33.3 Å². The maximum absolute atomic E-state index is 12.2. The van der Waals surface area contributed by atoms with Gasteiger partial charge >= 0.3 is 10.1 Å². The normalized spacial score (nSPS) is 11.2. The van der Waals surface area contributed by atoms with Crippen molar-refractivity contribution in [3.05, 3.63) is 46.6 Å². The minimum absolute atomic E-state index is 0.000127. The number of hydrogen-bond donors (Lipinski definition) is 0. The van der Waals surface area contributed by atoms with E-state index in [0.717, 1.165) is 0 Å². The third-order valence-electron chi connectivity index (χ3n) is 2.32. The summed E-state index contributed by atoms with van der Waals surface area (Å²) >= 11 is 11.7. The summed E-state index contributed by atoms with van der Waals surface area (Å²) in [6, 6.07) is 7.26. The number of methoxy groups -OCH3 is 1. The Morgan fingerprint density at radius 2 is 1.90 bits per heavy atom. The summed E-state index contributed by atoms with van der Waals surface area (Å²) in [5.41, 5.74) is 0. The summed E-state index contributed by atoms with van der Waals surface area (Å²) in [5, 5.41) is 0.181. The van der Waals surface area contributed by atoms with E-state index in [4.69, 9.17) is 32.1 Å². The molecule has 0 saturated heterocycles. The molecule has 0 unspecified atom stereocenters. The molecule has 2 aromatic rings. The highest BCUT2D eigenvalue weighted by atomic mass is 35.5. The zero-order valence-electron chi connectivity index (χ0n) is 10.2. The standard InChI is InChI=1S/C12H9Cl2NO4S/c1-18-12-9(6-5-8(13)11(12)14)20(16,17)19-10-4-2-3-7-15-10/h2-7H,1H3. The summed E-state index contributed by atoms with van der Waals surface area (Å²) in [7, 11) is -2.84. The third-order valence-corrected chi connectivity index (χ3v) is 4.36. The van der Waals surface area contributed by atoms with Gasteiger partial charge in [-0.1, -0.05) is 29.3 Å². The van der Waals surface area contributed by atoms with Crippen LogP contribution in [0.5, 0.6) is 11.6 Å². The highest BCUT2D eigenvalue weighted by Gasteiger charge is 2.25. The number of pyridine rings is 1. The summed E-state index contributed by atoms with van der Waals surface area (Å²) in [6.07, 6.45) is 1.41. The van der Waals surface area contributed by atoms with Gasteiger partial charge in [0.25, 0.3) is 0 Å². The molecule has 0 saturated carbocycles. The van der Waals surface area contributed by atoms with Gasteiger partial charge in [0.05, 0.1) is 12.1 Å². The number of ether oxygens (including phenoxy) is 1. The van der Waals surface area contributed by atoms with Gasteiger partial charge in [-0.2, -0.15) is 8.42 Å². The van der Waals surface area contributed by atoms with E-state index in [1.165, 1.54) is 31.5 Å². The van der Waals surface area contributed by atoms with Crippen LogP contribution in [0, 0.1) is 0 Å². The van der Waals surface area contributed by atoms with E-state index in [9.17, 15) is 8.42 Å². The van der Waals surface area contributed by atoms with Crippen LogP contribution in [0.25, 0.3) is 0 Å². The van der Waals surface area contributed by atoms with Gasteiger partial charge < -0.3 is 8.92 Å². The van der Waals surface area contributed by atoms with Crippen LogP contribution in [0.15, 0.2) is 41.4 Å². The lowest BCUT2D eigenvalue weighted by Crippen LogP contribution is -2.12. The Labute approximate surface area is 126 Å². The second kappa shape index (κ2) is 5.87. The van der Waals surface area contributed by atoms with Gasteiger partial charge in [0.15, 0.2) is 5.75 Å². The van der Waals surface area contributed by atoms with Crippen molar-refractivity contribution in [3.63, 3.8) is 0 Å². The molecule has 20 heavy (non-hydrogen) atoms. The Morgan fingerprint density at radius 3 is 2.50 bits per heavy atom. The molecule has 2 rings (SSSR count). The van der Waals surface area contributed by atoms with Crippen molar-refractivity contribution in [2.24, 2.45) is 0 Å². The number of nitrogens with zero attached hydrogens (tertiary/aromatic N) is 1. The molecule has 0 radical (unpaired) electrons. The average molecular weight is 334 g/mol. The van der Waals surface area contributed by atoms with Crippen LogP contribution in [-0.4, -0.2) is 20.5 Å². The smallest absolute Gasteiger partial charge is 0.344 e. The molecule has 0 spiro atoms. The second-order valence-electron chi connectivity index (χ2n) is 3.60. The number of benzene rings is 1.